The fraction of sp³-hybridized carbons (Fsp3) is 0.667. The number of amides is 1. The number of carbonyl (C=O) groups is 1. The summed E-state index contributed by atoms with van der Waals surface area (Å²) in [6.45, 7) is 0.951. The van der Waals surface area contributed by atoms with E-state index in [4.69, 9.17) is 0 Å². The Bertz CT molecular complexity index is 400. The van der Waals surface area contributed by atoms with Gasteiger partial charge in [0.1, 0.15) is 0 Å². The second-order valence-corrected chi connectivity index (χ2v) is 5.82. The highest BCUT2D eigenvalue weighted by atomic mass is 32.1. The molecular formula is C12H17N3OS. The Morgan fingerprint density at radius 1 is 1.35 bits per heavy atom. The van der Waals surface area contributed by atoms with Gasteiger partial charge >= 0.3 is 0 Å². The van der Waals surface area contributed by atoms with E-state index in [1.165, 1.54) is 23.4 Å². The van der Waals surface area contributed by atoms with Gasteiger partial charge < -0.3 is 10.6 Å². The maximum absolute atomic E-state index is 11.9. The first-order valence-electron chi connectivity index (χ1n) is 6.36. The van der Waals surface area contributed by atoms with Crippen LogP contribution in [-0.2, 0) is 17.6 Å². The summed E-state index contributed by atoms with van der Waals surface area (Å²) < 4.78 is 0. The number of carbonyl (C=O) groups excluding carboxylic acids is 1. The monoisotopic (exact) mass is 251 g/mol. The molecule has 1 atom stereocenters. The van der Waals surface area contributed by atoms with Crippen LogP contribution >= 0.6 is 11.3 Å². The van der Waals surface area contributed by atoms with Crippen LogP contribution in [0.2, 0.25) is 0 Å². The summed E-state index contributed by atoms with van der Waals surface area (Å²) in [5.41, 5.74) is 1.20. The third-order valence-electron chi connectivity index (χ3n) is 3.45. The molecular weight excluding hydrogens is 234 g/mol. The molecule has 2 N–H and O–H groups in total. The molecule has 17 heavy (non-hydrogen) atoms. The normalized spacial score (nSPS) is 23.4. The van der Waals surface area contributed by atoms with E-state index in [2.05, 4.69) is 15.6 Å². The van der Waals surface area contributed by atoms with Crippen LogP contribution in [0.4, 0.5) is 5.13 Å². The first-order chi connectivity index (χ1) is 8.33. The van der Waals surface area contributed by atoms with Crippen molar-refractivity contribution in [2.45, 2.75) is 44.6 Å². The largest absolute Gasteiger partial charge is 0.306 e. The number of nitrogens with one attached hydrogen (secondary N) is 2. The van der Waals surface area contributed by atoms with E-state index < -0.39 is 0 Å². The Morgan fingerprint density at radius 3 is 3.00 bits per heavy atom. The first kappa shape index (κ1) is 11.2. The van der Waals surface area contributed by atoms with Crippen LogP contribution in [0.25, 0.3) is 0 Å². The highest BCUT2D eigenvalue weighted by Gasteiger charge is 2.23. The molecule has 0 radical (unpaired) electrons. The van der Waals surface area contributed by atoms with Crippen molar-refractivity contribution in [3.63, 3.8) is 0 Å². The first-order valence-corrected chi connectivity index (χ1v) is 7.17. The zero-order chi connectivity index (χ0) is 11.7. The van der Waals surface area contributed by atoms with E-state index in [-0.39, 0.29) is 11.9 Å². The zero-order valence-electron chi connectivity index (χ0n) is 9.79. The maximum Gasteiger partial charge on any atom is 0.243 e. The Balaban J connectivity index is 1.68. The molecule has 1 aromatic rings. The van der Waals surface area contributed by atoms with Crippen LogP contribution in [0.3, 0.4) is 0 Å². The average Bonchev–Trinajstić information content (AvgIpc) is 2.97. The lowest BCUT2D eigenvalue weighted by molar-refractivity contribution is -0.117. The van der Waals surface area contributed by atoms with Crippen LogP contribution in [0.15, 0.2) is 0 Å². The van der Waals surface area contributed by atoms with Crippen molar-refractivity contribution in [2.24, 2.45) is 0 Å². The molecule has 1 aliphatic carbocycles. The summed E-state index contributed by atoms with van der Waals surface area (Å²) in [7, 11) is 0. The second-order valence-electron chi connectivity index (χ2n) is 4.73. The van der Waals surface area contributed by atoms with Crippen molar-refractivity contribution in [1.82, 2.24) is 10.3 Å². The van der Waals surface area contributed by atoms with Crippen molar-refractivity contribution >= 4 is 22.4 Å². The van der Waals surface area contributed by atoms with Gasteiger partial charge in [-0.1, -0.05) is 0 Å². The molecule has 1 saturated heterocycles. The Kier molecular flexibility index (Phi) is 3.11. The zero-order valence-corrected chi connectivity index (χ0v) is 10.6. The van der Waals surface area contributed by atoms with Crippen molar-refractivity contribution in [3.05, 3.63) is 10.6 Å². The fourth-order valence-corrected chi connectivity index (χ4v) is 3.56. The van der Waals surface area contributed by atoms with Crippen molar-refractivity contribution < 1.29 is 4.79 Å². The summed E-state index contributed by atoms with van der Waals surface area (Å²) >= 11 is 1.65. The van der Waals surface area contributed by atoms with Crippen LogP contribution < -0.4 is 10.6 Å². The molecule has 4 nitrogen and oxygen atoms in total. The van der Waals surface area contributed by atoms with E-state index in [0.29, 0.717) is 0 Å². The standard InChI is InChI=1S/C12H17N3OS/c16-11(9-5-3-7-13-9)15-12-14-8-4-1-2-6-10(8)17-12/h9,13H,1-7H2,(H,14,15,16)/t9-/m1/s1. The molecule has 2 aliphatic rings. The van der Waals surface area contributed by atoms with Crippen molar-refractivity contribution in [3.8, 4) is 0 Å². The quantitative estimate of drug-likeness (QED) is 0.841. The minimum atomic E-state index is -0.0177. The lowest BCUT2D eigenvalue weighted by Crippen LogP contribution is -2.35. The third kappa shape index (κ3) is 2.35. The number of hydrogen-bond donors (Lipinski definition) is 2. The number of aromatic nitrogens is 1. The Hall–Kier alpha value is -0.940. The van der Waals surface area contributed by atoms with Crippen LogP contribution in [0, 0.1) is 0 Å². The Labute approximate surface area is 105 Å². The molecule has 0 unspecified atom stereocenters. The lowest BCUT2D eigenvalue weighted by Gasteiger charge is -2.08. The summed E-state index contributed by atoms with van der Waals surface area (Å²) in [6.07, 6.45) is 6.72. The number of nitrogens with zero attached hydrogens (tertiary/aromatic N) is 1. The maximum atomic E-state index is 11.9. The van der Waals surface area contributed by atoms with Gasteiger partial charge in [0.15, 0.2) is 5.13 Å². The van der Waals surface area contributed by atoms with Crippen LogP contribution in [0.5, 0.6) is 0 Å². The molecule has 2 heterocycles. The molecule has 1 aliphatic heterocycles. The lowest BCUT2D eigenvalue weighted by atomic mass is 10.0. The van der Waals surface area contributed by atoms with E-state index in [0.717, 1.165) is 37.4 Å². The van der Waals surface area contributed by atoms with Crippen LogP contribution in [-0.4, -0.2) is 23.5 Å². The van der Waals surface area contributed by atoms with Gasteiger partial charge in [0, 0.05) is 4.88 Å². The summed E-state index contributed by atoms with van der Waals surface area (Å²) in [6, 6.07) is -0.0177. The van der Waals surface area contributed by atoms with E-state index in [9.17, 15) is 4.79 Å². The van der Waals surface area contributed by atoms with E-state index >= 15 is 0 Å². The average molecular weight is 251 g/mol. The molecule has 5 heteroatoms. The minimum Gasteiger partial charge on any atom is -0.306 e. The molecule has 0 saturated carbocycles. The fourth-order valence-electron chi connectivity index (χ4n) is 2.51. The van der Waals surface area contributed by atoms with Gasteiger partial charge in [0.25, 0.3) is 0 Å². The van der Waals surface area contributed by atoms with Gasteiger partial charge in [-0.3, -0.25) is 4.79 Å². The predicted octanol–water partition coefficient (Wildman–Crippen LogP) is 1.71. The Morgan fingerprint density at radius 2 is 2.24 bits per heavy atom. The number of thiazole rings is 1. The SMILES string of the molecule is O=C(Nc1nc2c(s1)CCCC2)[C@H]1CCCN1. The third-order valence-corrected chi connectivity index (χ3v) is 4.53. The summed E-state index contributed by atoms with van der Waals surface area (Å²) in [5.74, 6) is 0.0774. The van der Waals surface area contributed by atoms with Crippen molar-refractivity contribution in [2.75, 3.05) is 11.9 Å². The van der Waals surface area contributed by atoms with Gasteiger partial charge in [0.05, 0.1) is 11.7 Å². The topological polar surface area (TPSA) is 54.0 Å². The molecule has 1 aromatic heterocycles. The van der Waals surface area contributed by atoms with Gasteiger partial charge in [-0.2, -0.15) is 0 Å². The molecule has 0 spiro atoms. The predicted molar refractivity (Wildman–Crippen MR) is 68.4 cm³/mol. The number of anilines is 1. The number of hydrogen-bond acceptors (Lipinski definition) is 4. The van der Waals surface area contributed by atoms with E-state index in [1.54, 1.807) is 11.3 Å². The summed E-state index contributed by atoms with van der Waals surface area (Å²) in [4.78, 5) is 17.8. The van der Waals surface area contributed by atoms with Crippen molar-refractivity contribution in [1.29, 1.82) is 0 Å². The number of aryl methyl sites for hydroxylation is 2. The molecule has 1 fully saturated rings. The smallest absolute Gasteiger partial charge is 0.243 e. The molecule has 0 bridgehead atoms. The summed E-state index contributed by atoms with van der Waals surface area (Å²) in [5, 5.41) is 6.94. The van der Waals surface area contributed by atoms with E-state index in [1.807, 2.05) is 0 Å². The molecule has 1 amide bonds. The van der Waals surface area contributed by atoms with Gasteiger partial charge in [-0.05, 0) is 45.1 Å². The molecule has 92 valence electrons. The molecule has 0 aromatic carbocycles. The van der Waals surface area contributed by atoms with Gasteiger partial charge in [-0.25, -0.2) is 4.98 Å². The number of fused-ring (bicyclic) bond motifs is 1. The van der Waals surface area contributed by atoms with Gasteiger partial charge in [0.2, 0.25) is 5.91 Å². The second kappa shape index (κ2) is 4.74. The highest BCUT2D eigenvalue weighted by molar-refractivity contribution is 7.15. The van der Waals surface area contributed by atoms with Gasteiger partial charge in [-0.15, -0.1) is 11.3 Å². The molecule has 3 rings (SSSR count). The minimum absolute atomic E-state index is 0.0177. The highest BCUT2D eigenvalue weighted by Crippen LogP contribution is 2.29. The number of rotatable bonds is 2. The van der Waals surface area contributed by atoms with Crippen LogP contribution in [0.1, 0.15) is 36.3 Å².